The maximum absolute atomic E-state index is 13.3. The van der Waals surface area contributed by atoms with Gasteiger partial charge < -0.3 is 14.4 Å². The standard InChI is InChI=1S/C30H29N3O3/c1-35-27-10-5-4-9-26(27)33-16-14-32(15-17-33)13-6-18-36-22-19-21-11-12-31-29-23-7-2-3-8-24(23)30(34)25(20-22)28(21)29/h2-5,7-12,19-20H,6,13-18H2,1H3. The first-order valence-corrected chi connectivity index (χ1v) is 12.5. The predicted molar refractivity (Wildman–Crippen MR) is 142 cm³/mol. The Hall–Kier alpha value is -3.90. The fourth-order valence-electron chi connectivity index (χ4n) is 5.37. The Labute approximate surface area is 211 Å². The zero-order valence-electron chi connectivity index (χ0n) is 20.4. The molecule has 1 fully saturated rings. The second-order valence-electron chi connectivity index (χ2n) is 9.31. The maximum atomic E-state index is 13.3. The molecule has 2 aliphatic rings. The minimum absolute atomic E-state index is 0.0365. The molecule has 0 amide bonds. The molecule has 0 atom stereocenters. The molecule has 2 heterocycles. The summed E-state index contributed by atoms with van der Waals surface area (Å²) in [5.74, 6) is 1.71. The number of pyridine rings is 1. The Morgan fingerprint density at radius 1 is 0.889 bits per heavy atom. The van der Waals surface area contributed by atoms with Crippen LogP contribution in [0.3, 0.4) is 0 Å². The van der Waals surface area contributed by atoms with Crippen LogP contribution in [0.25, 0.3) is 22.0 Å². The molecule has 6 rings (SSSR count). The van der Waals surface area contributed by atoms with Gasteiger partial charge in [0.05, 0.1) is 25.1 Å². The van der Waals surface area contributed by atoms with Gasteiger partial charge in [0.2, 0.25) is 0 Å². The molecule has 1 aliphatic heterocycles. The molecule has 0 radical (unpaired) electrons. The van der Waals surface area contributed by atoms with E-state index in [2.05, 4.69) is 26.9 Å². The topological polar surface area (TPSA) is 54.9 Å². The van der Waals surface area contributed by atoms with E-state index in [9.17, 15) is 4.79 Å². The summed E-state index contributed by atoms with van der Waals surface area (Å²) in [5.41, 5.74) is 4.32. The molecule has 182 valence electrons. The second kappa shape index (κ2) is 9.63. The maximum Gasteiger partial charge on any atom is 0.194 e. The number of fused-ring (bicyclic) bond motifs is 2. The van der Waals surface area contributed by atoms with Gasteiger partial charge in [-0.3, -0.25) is 14.7 Å². The summed E-state index contributed by atoms with van der Waals surface area (Å²) in [6, 6.07) is 21.8. The smallest absolute Gasteiger partial charge is 0.194 e. The molecule has 1 aliphatic carbocycles. The molecule has 0 bridgehead atoms. The lowest BCUT2D eigenvalue weighted by molar-refractivity contribution is 0.103. The fraction of sp³-hybridized carbons (Fsp3) is 0.267. The normalized spacial score (nSPS) is 15.1. The van der Waals surface area contributed by atoms with Crippen molar-refractivity contribution in [1.82, 2.24) is 9.88 Å². The van der Waals surface area contributed by atoms with E-state index in [-0.39, 0.29) is 5.78 Å². The van der Waals surface area contributed by atoms with Crippen LogP contribution in [0.4, 0.5) is 5.69 Å². The lowest BCUT2D eigenvalue weighted by Gasteiger charge is -2.36. The number of hydrogen-bond acceptors (Lipinski definition) is 6. The van der Waals surface area contributed by atoms with E-state index in [0.717, 1.165) is 72.7 Å². The van der Waals surface area contributed by atoms with Gasteiger partial charge in [-0.2, -0.15) is 0 Å². The molecule has 3 aromatic carbocycles. The monoisotopic (exact) mass is 479 g/mol. The van der Waals surface area contributed by atoms with E-state index in [1.165, 1.54) is 5.69 Å². The van der Waals surface area contributed by atoms with Crippen molar-refractivity contribution in [1.29, 1.82) is 0 Å². The summed E-state index contributed by atoms with van der Waals surface area (Å²) in [7, 11) is 1.73. The van der Waals surface area contributed by atoms with Gasteiger partial charge in [-0.05, 0) is 42.1 Å². The zero-order valence-corrected chi connectivity index (χ0v) is 20.4. The molecule has 0 spiro atoms. The molecular formula is C30H29N3O3. The van der Waals surface area contributed by atoms with Gasteiger partial charge in [-0.15, -0.1) is 0 Å². The van der Waals surface area contributed by atoms with Gasteiger partial charge in [-0.25, -0.2) is 0 Å². The minimum Gasteiger partial charge on any atom is -0.495 e. The van der Waals surface area contributed by atoms with Gasteiger partial charge in [0, 0.05) is 61.0 Å². The number of para-hydroxylation sites is 2. The van der Waals surface area contributed by atoms with Crippen molar-refractivity contribution < 1.29 is 14.3 Å². The number of ether oxygens (including phenoxy) is 2. The molecule has 1 saturated heterocycles. The van der Waals surface area contributed by atoms with E-state index >= 15 is 0 Å². The third-order valence-corrected chi connectivity index (χ3v) is 7.19. The summed E-state index contributed by atoms with van der Waals surface area (Å²) >= 11 is 0. The van der Waals surface area contributed by atoms with Crippen LogP contribution in [0.2, 0.25) is 0 Å². The molecule has 6 nitrogen and oxygen atoms in total. The van der Waals surface area contributed by atoms with E-state index in [0.29, 0.717) is 17.7 Å². The third-order valence-electron chi connectivity index (χ3n) is 7.19. The number of nitrogens with zero attached hydrogens (tertiary/aromatic N) is 3. The average Bonchev–Trinajstić information content (AvgIpc) is 2.94. The lowest BCUT2D eigenvalue weighted by atomic mass is 9.85. The van der Waals surface area contributed by atoms with Crippen molar-refractivity contribution in [2.75, 3.05) is 51.3 Å². The van der Waals surface area contributed by atoms with Crippen LogP contribution in [-0.4, -0.2) is 62.1 Å². The first-order valence-electron chi connectivity index (χ1n) is 12.5. The number of carbonyl (C=O) groups is 1. The van der Waals surface area contributed by atoms with Crippen LogP contribution in [0, 0.1) is 0 Å². The van der Waals surface area contributed by atoms with Crippen LogP contribution < -0.4 is 14.4 Å². The van der Waals surface area contributed by atoms with Crippen LogP contribution in [0.5, 0.6) is 11.5 Å². The number of benzene rings is 3. The van der Waals surface area contributed by atoms with Gasteiger partial charge >= 0.3 is 0 Å². The van der Waals surface area contributed by atoms with Crippen molar-refractivity contribution >= 4 is 22.2 Å². The van der Waals surface area contributed by atoms with Gasteiger partial charge in [0.25, 0.3) is 0 Å². The summed E-state index contributed by atoms with van der Waals surface area (Å²) in [6.45, 7) is 5.59. The number of aromatic nitrogens is 1. The number of ketones is 1. The summed E-state index contributed by atoms with van der Waals surface area (Å²) in [5, 5.41) is 1.91. The molecule has 0 saturated carbocycles. The van der Waals surface area contributed by atoms with Crippen molar-refractivity contribution in [2.45, 2.75) is 6.42 Å². The number of piperazine rings is 1. The Morgan fingerprint density at radius 3 is 2.50 bits per heavy atom. The number of methoxy groups -OCH3 is 1. The largest absolute Gasteiger partial charge is 0.495 e. The SMILES string of the molecule is COc1ccccc1N1CCN(CCCOc2cc3c4c(nccc4c2)-c2ccccc2C3=O)CC1. The molecular weight excluding hydrogens is 450 g/mol. The van der Waals surface area contributed by atoms with Crippen molar-refractivity contribution in [3.63, 3.8) is 0 Å². The van der Waals surface area contributed by atoms with E-state index in [1.807, 2.05) is 60.8 Å². The third kappa shape index (κ3) is 4.07. The van der Waals surface area contributed by atoms with E-state index in [1.54, 1.807) is 7.11 Å². The highest BCUT2D eigenvalue weighted by Gasteiger charge is 2.26. The van der Waals surface area contributed by atoms with Crippen LogP contribution >= 0.6 is 0 Å². The first-order chi connectivity index (χ1) is 17.7. The van der Waals surface area contributed by atoms with E-state index in [4.69, 9.17) is 9.47 Å². The second-order valence-corrected chi connectivity index (χ2v) is 9.31. The average molecular weight is 480 g/mol. The van der Waals surface area contributed by atoms with Crippen LogP contribution in [0.15, 0.2) is 72.9 Å². The summed E-state index contributed by atoms with van der Waals surface area (Å²) < 4.78 is 11.7. The molecule has 4 aromatic rings. The van der Waals surface area contributed by atoms with Gasteiger partial charge in [0.15, 0.2) is 5.78 Å². The molecule has 0 unspecified atom stereocenters. The van der Waals surface area contributed by atoms with Crippen LogP contribution in [-0.2, 0) is 0 Å². The highest BCUT2D eigenvalue weighted by Crippen LogP contribution is 2.39. The quantitative estimate of drug-likeness (QED) is 0.305. The summed E-state index contributed by atoms with van der Waals surface area (Å²) in [6.07, 6.45) is 2.74. The Kier molecular flexibility index (Phi) is 6.03. The Balaban J connectivity index is 1.08. The minimum atomic E-state index is 0.0365. The molecule has 36 heavy (non-hydrogen) atoms. The fourth-order valence-corrected chi connectivity index (χ4v) is 5.37. The van der Waals surface area contributed by atoms with E-state index < -0.39 is 0 Å². The van der Waals surface area contributed by atoms with Crippen molar-refractivity contribution in [2.24, 2.45) is 0 Å². The Morgan fingerprint density at radius 2 is 1.67 bits per heavy atom. The first kappa shape index (κ1) is 22.6. The number of anilines is 1. The summed E-state index contributed by atoms with van der Waals surface area (Å²) in [4.78, 5) is 22.7. The molecule has 1 aromatic heterocycles. The zero-order chi connectivity index (χ0) is 24.5. The van der Waals surface area contributed by atoms with Crippen LogP contribution in [0.1, 0.15) is 22.3 Å². The van der Waals surface area contributed by atoms with Gasteiger partial charge in [-0.1, -0.05) is 36.4 Å². The number of carbonyl (C=O) groups excluding carboxylic acids is 1. The molecule has 6 heteroatoms. The van der Waals surface area contributed by atoms with Crippen molar-refractivity contribution in [3.05, 3.63) is 84.1 Å². The number of hydrogen-bond donors (Lipinski definition) is 0. The molecule has 0 N–H and O–H groups in total. The number of rotatable bonds is 7. The Bertz CT molecular complexity index is 1430. The van der Waals surface area contributed by atoms with Gasteiger partial charge in [0.1, 0.15) is 11.5 Å². The lowest BCUT2D eigenvalue weighted by Crippen LogP contribution is -2.46. The highest BCUT2D eigenvalue weighted by molar-refractivity contribution is 6.25. The highest BCUT2D eigenvalue weighted by atomic mass is 16.5. The predicted octanol–water partition coefficient (Wildman–Crippen LogP) is 5.05. The van der Waals surface area contributed by atoms with Crippen molar-refractivity contribution in [3.8, 4) is 22.8 Å².